The lowest BCUT2D eigenvalue weighted by molar-refractivity contribution is -0.116. The van der Waals surface area contributed by atoms with E-state index in [4.69, 9.17) is 4.74 Å². The summed E-state index contributed by atoms with van der Waals surface area (Å²) in [6.45, 7) is 2.52. The van der Waals surface area contributed by atoms with Crippen LogP contribution in [-0.2, 0) is 14.3 Å². The van der Waals surface area contributed by atoms with Crippen LogP contribution in [0.4, 0.5) is 11.4 Å². The van der Waals surface area contributed by atoms with Gasteiger partial charge in [0, 0.05) is 19.3 Å². The Morgan fingerprint density at radius 2 is 1.19 bits per heavy atom. The van der Waals surface area contributed by atoms with E-state index in [2.05, 4.69) is 0 Å². The maximum Gasteiger partial charge on any atom is 0.284 e. The Morgan fingerprint density at radius 1 is 0.731 bits per heavy atom. The second kappa shape index (κ2) is 7.01. The fourth-order valence-electron chi connectivity index (χ4n) is 3.10. The van der Waals surface area contributed by atoms with E-state index in [1.54, 1.807) is 6.20 Å². The number of ether oxygens (including phenoxy) is 1. The molecule has 0 bridgehead atoms. The fraction of sp³-hybridized carbons (Fsp3) is 0.200. The second-order valence-corrected chi connectivity index (χ2v) is 6.10. The Morgan fingerprint density at radius 3 is 1.65 bits per heavy atom. The molecule has 0 saturated carbocycles. The van der Waals surface area contributed by atoms with Crippen molar-refractivity contribution in [3.63, 3.8) is 0 Å². The highest BCUT2D eigenvalue weighted by atomic mass is 16.5. The zero-order valence-electron chi connectivity index (χ0n) is 14.2. The van der Waals surface area contributed by atoms with Crippen LogP contribution in [0.2, 0.25) is 0 Å². The summed E-state index contributed by atoms with van der Waals surface area (Å²) in [7, 11) is 0. The van der Waals surface area contributed by atoms with E-state index in [1.807, 2.05) is 65.6 Å². The van der Waals surface area contributed by atoms with Gasteiger partial charge in [-0.2, -0.15) is 0 Å². The van der Waals surface area contributed by atoms with E-state index in [0.717, 1.165) is 0 Å². The van der Waals surface area contributed by atoms with Crippen molar-refractivity contribution in [1.29, 1.82) is 0 Å². The first-order chi connectivity index (χ1) is 12.8. The number of morpholine rings is 1. The fourth-order valence-corrected chi connectivity index (χ4v) is 3.10. The summed E-state index contributed by atoms with van der Waals surface area (Å²) in [5.41, 5.74) is 1.47. The van der Waals surface area contributed by atoms with E-state index in [-0.39, 0.29) is 17.4 Å². The molecule has 6 heteroatoms. The second-order valence-electron chi connectivity index (χ2n) is 6.10. The molecule has 132 valence electrons. The summed E-state index contributed by atoms with van der Waals surface area (Å²) in [6.07, 6.45) is 1.67. The highest BCUT2D eigenvalue weighted by Crippen LogP contribution is 2.31. The van der Waals surface area contributed by atoms with Crippen LogP contribution < -0.4 is 10.0 Å². The molecule has 2 aliphatic rings. The number of carbonyl (C=O) groups is 2. The molecule has 2 fully saturated rings. The van der Waals surface area contributed by atoms with Crippen LogP contribution in [0.1, 0.15) is 0 Å². The zero-order valence-corrected chi connectivity index (χ0v) is 14.2. The van der Waals surface area contributed by atoms with E-state index in [1.165, 1.54) is 10.0 Å². The maximum atomic E-state index is 13.1. The van der Waals surface area contributed by atoms with Crippen LogP contribution in [0.3, 0.4) is 0 Å². The van der Waals surface area contributed by atoms with Gasteiger partial charge in [0.1, 0.15) is 5.57 Å². The number of anilines is 2. The lowest BCUT2D eigenvalue weighted by Gasteiger charge is -2.27. The minimum atomic E-state index is -0.323. The van der Waals surface area contributed by atoms with Crippen molar-refractivity contribution in [2.45, 2.75) is 0 Å². The van der Waals surface area contributed by atoms with Crippen LogP contribution >= 0.6 is 0 Å². The standard InChI is InChI=1S/C20H19N3O3/c24-19-18(15-21-11-13-26-14-12-21)20(25)23(17-9-5-2-6-10-17)22(19)16-7-3-1-4-8-16/h1-10,15H,11-14H2. The van der Waals surface area contributed by atoms with Crippen LogP contribution in [-0.4, -0.2) is 43.0 Å². The molecule has 2 aromatic carbocycles. The molecule has 2 heterocycles. The van der Waals surface area contributed by atoms with Gasteiger partial charge >= 0.3 is 0 Å². The Kier molecular flexibility index (Phi) is 4.41. The van der Waals surface area contributed by atoms with Gasteiger partial charge in [-0.05, 0) is 24.3 Å². The van der Waals surface area contributed by atoms with E-state index >= 15 is 0 Å². The van der Waals surface area contributed by atoms with Gasteiger partial charge in [0.2, 0.25) is 0 Å². The highest BCUT2D eigenvalue weighted by Gasteiger charge is 2.43. The quantitative estimate of drug-likeness (QED) is 0.630. The number of rotatable bonds is 3. The minimum Gasteiger partial charge on any atom is -0.378 e. The normalized spacial score (nSPS) is 17.8. The van der Waals surface area contributed by atoms with Crippen molar-refractivity contribution in [3.05, 3.63) is 72.4 Å². The van der Waals surface area contributed by atoms with Gasteiger partial charge in [-0.1, -0.05) is 36.4 Å². The number of hydrazine groups is 1. The molecule has 0 N–H and O–H groups in total. The van der Waals surface area contributed by atoms with Crippen molar-refractivity contribution in [3.8, 4) is 0 Å². The molecular weight excluding hydrogens is 330 g/mol. The minimum absolute atomic E-state index is 0.166. The molecular formula is C20H19N3O3. The smallest absolute Gasteiger partial charge is 0.284 e. The average Bonchev–Trinajstić information content (AvgIpc) is 2.95. The third kappa shape index (κ3) is 2.95. The van der Waals surface area contributed by atoms with Crippen molar-refractivity contribution in [2.24, 2.45) is 0 Å². The van der Waals surface area contributed by atoms with Crippen LogP contribution in [0, 0.1) is 0 Å². The molecule has 6 nitrogen and oxygen atoms in total. The predicted molar refractivity (Wildman–Crippen MR) is 98.3 cm³/mol. The van der Waals surface area contributed by atoms with Gasteiger partial charge < -0.3 is 9.64 Å². The Hall–Kier alpha value is -3.12. The third-order valence-electron chi connectivity index (χ3n) is 4.40. The molecule has 0 aliphatic carbocycles. The molecule has 4 rings (SSSR count). The number of benzene rings is 2. The monoisotopic (exact) mass is 349 g/mol. The molecule has 2 aromatic rings. The lowest BCUT2D eigenvalue weighted by atomic mass is 10.2. The molecule has 2 saturated heterocycles. The van der Waals surface area contributed by atoms with Gasteiger partial charge in [-0.15, -0.1) is 0 Å². The Bertz CT molecular complexity index is 770. The largest absolute Gasteiger partial charge is 0.378 e. The first kappa shape index (κ1) is 16.4. The molecule has 2 amide bonds. The first-order valence-corrected chi connectivity index (χ1v) is 8.58. The summed E-state index contributed by atoms with van der Waals surface area (Å²) >= 11 is 0. The molecule has 2 aliphatic heterocycles. The molecule has 0 unspecified atom stereocenters. The summed E-state index contributed by atoms with van der Waals surface area (Å²) in [5.74, 6) is -0.645. The molecule has 0 atom stereocenters. The van der Waals surface area contributed by atoms with Crippen molar-refractivity contribution >= 4 is 23.2 Å². The van der Waals surface area contributed by atoms with Crippen molar-refractivity contribution in [2.75, 3.05) is 36.3 Å². The average molecular weight is 349 g/mol. The lowest BCUT2D eigenvalue weighted by Crippen LogP contribution is -2.41. The van der Waals surface area contributed by atoms with Gasteiger partial charge in [0.05, 0.1) is 24.6 Å². The van der Waals surface area contributed by atoms with Gasteiger partial charge in [-0.25, -0.2) is 10.0 Å². The third-order valence-corrected chi connectivity index (χ3v) is 4.40. The Labute approximate surface area is 151 Å². The van der Waals surface area contributed by atoms with Crippen LogP contribution in [0.15, 0.2) is 72.4 Å². The number of hydrogen-bond acceptors (Lipinski definition) is 4. The maximum absolute atomic E-state index is 13.1. The van der Waals surface area contributed by atoms with E-state index < -0.39 is 0 Å². The number of para-hydroxylation sites is 2. The molecule has 0 radical (unpaired) electrons. The number of amides is 2. The summed E-state index contributed by atoms with van der Waals surface area (Å²) < 4.78 is 5.34. The number of hydrogen-bond donors (Lipinski definition) is 0. The number of carbonyl (C=O) groups excluding carboxylic acids is 2. The summed E-state index contributed by atoms with van der Waals surface area (Å²) in [4.78, 5) is 28.2. The van der Waals surface area contributed by atoms with E-state index in [0.29, 0.717) is 37.7 Å². The summed E-state index contributed by atoms with van der Waals surface area (Å²) in [6, 6.07) is 18.4. The SMILES string of the molecule is O=C1C(=CN2CCOCC2)C(=O)N(c2ccccc2)N1c1ccccc1. The van der Waals surface area contributed by atoms with Gasteiger partial charge in [0.15, 0.2) is 0 Å². The van der Waals surface area contributed by atoms with Crippen molar-refractivity contribution in [1.82, 2.24) is 4.90 Å². The highest BCUT2D eigenvalue weighted by molar-refractivity contribution is 6.35. The Balaban J connectivity index is 1.76. The molecule has 0 aromatic heterocycles. The van der Waals surface area contributed by atoms with Gasteiger partial charge in [0.25, 0.3) is 11.8 Å². The zero-order chi connectivity index (χ0) is 17.9. The van der Waals surface area contributed by atoms with Crippen LogP contribution in [0.5, 0.6) is 0 Å². The van der Waals surface area contributed by atoms with Gasteiger partial charge in [-0.3, -0.25) is 9.59 Å². The first-order valence-electron chi connectivity index (χ1n) is 8.58. The number of nitrogens with zero attached hydrogens (tertiary/aromatic N) is 3. The molecule has 26 heavy (non-hydrogen) atoms. The topological polar surface area (TPSA) is 53.1 Å². The van der Waals surface area contributed by atoms with E-state index in [9.17, 15) is 9.59 Å². The predicted octanol–water partition coefficient (Wildman–Crippen LogP) is 2.20. The molecule has 0 spiro atoms. The summed E-state index contributed by atoms with van der Waals surface area (Å²) in [5, 5.41) is 2.87. The van der Waals surface area contributed by atoms with Crippen LogP contribution in [0.25, 0.3) is 0 Å². The van der Waals surface area contributed by atoms with Crippen molar-refractivity contribution < 1.29 is 14.3 Å².